The van der Waals surface area contributed by atoms with Crippen molar-refractivity contribution in [3.05, 3.63) is 75.9 Å². The first kappa shape index (κ1) is 20.2. The lowest BCUT2D eigenvalue weighted by Gasteiger charge is -2.27. The van der Waals surface area contributed by atoms with Crippen LogP contribution in [0.1, 0.15) is 24.8 Å². The van der Waals surface area contributed by atoms with E-state index in [4.69, 9.17) is 4.98 Å². The van der Waals surface area contributed by atoms with Crippen molar-refractivity contribution in [2.45, 2.75) is 32.7 Å². The molecule has 0 spiro atoms. The highest BCUT2D eigenvalue weighted by Crippen LogP contribution is 2.27. The van der Waals surface area contributed by atoms with Gasteiger partial charge in [-0.1, -0.05) is 61.0 Å². The predicted molar refractivity (Wildman–Crippen MR) is 130 cm³/mol. The van der Waals surface area contributed by atoms with Crippen LogP contribution in [0.25, 0.3) is 32.7 Å². The van der Waals surface area contributed by atoms with Crippen LogP contribution in [-0.4, -0.2) is 34.1 Å². The maximum Gasteiger partial charge on any atom is 0.271 e. The second-order valence-electron chi connectivity index (χ2n) is 8.33. The average molecular weight is 430 g/mol. The van der Waals surface area contributed by atoms with E-state index >= 15 is 0 Å². The van der Waals surface area contributed by atoms with Gasteiger partial charge in [0.1, 0.15) is 10.5 Å². The molecule has 158 valence electrons. The fourth-order valence-electron chi connectivity index (χ4n) is 4.41. The van der Waals surface area contributed by atoms with Crippen LogP contribution < -0.4 is 5.56 Å². The molecule has 1 fully saturated rings. The Morgan fingerprint density at radius 2 is 1.55 bits per heavy atom. The molecule has 2 aromatic heterocycles. The van der Waals surface area contributed by atoms with Crippen LogP contribution in [0, 0.1) is 6.92 Å². The highest BCUT2D eigenvalue weighted by molar-refractivity contribution is 7.17. The molecule has 1 aliphatic heterocycles. The molecule has 0 atom stereocenters. The van der Waals surface area contributed by atoms with Crippen LogP contribution in [0.4, 0.5) is 0 Å². The molecule has 0 unspecified atom stereocenters. The maximum absolute atomic E-state index is 13.4. The Morgan fingerprint density at radius 1 is 0.871 bits per heavy atom. The van der Waals surface area contributed by atoms with Gasteiger partial charge in [0.2, 0.25) is 0 Å². The van der Waals surface area contributed by atoms with Crippen LogP contribution in [-0.2, 0) is 6.54 Å². The summed E-state index contributed by atoms with van der Waals surface area (Å²) < 4.78 is 2.66. The summed E-state index contributed by atoms with van der Waals surface area (Å²) in [6, 6.07) is 18.8. The van der Waals surface area contributed by atoms with E-state index in [1.54, 1.807) is 0 Å². The molecule has 3 heterocycles. The Labute approximate surface area is 186 Å². The van der Waals surface area contributed by atoms with Gasteiger partial charge < -0.3 is 4.90 Å². The molecule has 0 N–H and O–H groups in total. The van der Waals surface area contributed by atoms with Crippen LogP contribution >= 0.6 is 11.3 Å². The molecular weight excluding hydrogens is 402 g/mol. The topological polar surface area (TPSA) is 38.1 Å². The minimum Gasteiger partial charge on any atom is -0.302 e. The SMILES string of the molecule is Cc1csc2c(=O)n(CCN3CCCCC3)c(-c3ccc(-c4ccccc4)cc3)nc12. The van der Waals surface area contributed by atoms with Gasteiger partial charge in [-0.25, -0.2) is 4.98 Å². The predicted octanol–water partition coefficient (Wildman–Crippen LogP) is 5.59. The van der Waals surface area contributed by atoms with E-state index in [2.05, 4.69) is 53.4 Å². The van der Waals surface area contributed by atoms with Crippen molar-refractivity contribution in [2.75, 3.05) is 19.6 Å². The zero-order valence-corrected chi connectivity index (χ0v) is 18.7. The van der Waals surface area contributed by atoms with Crippen molar-refractivity contribution >= 4 is 21.6 Å². The van der Waals surface area contributed by atoms with Crippen LogP contribution in [0.15, 0.2) is 64.8 Å². The zero-order valence-electron chi connectivity index (χ0n) is 17.9. The Morgan fingerprint density at radius 3 is 2.29 bits per heavy atom. The van der Waals surface area contributed by atoms with Crippen molar-refractivity contribution < 1.29 is 0 Å². The number of fused-ring (bicyclic) bond motifs is 1. The number of rotatable bonds is 5. The number of aryl methyl sites for hydroxylation is 1. The zero-order chi connectivity index (χ0) is 21.2. The first-order chi connectivity index (χ1) is 15.2. The monoisotopic (exact) mass is 429 g/mol. The number of piperidine rings is 1. The van der Waals surface area contributed by atoms with Crippen LogP contribution in [0.2, 0.25) is 0 Å². The summed E-state index contributed by atoms with van der Waals surface area (Å²) in [4.78, 5) is 20.9. The molecule has 1 saturated heterocycles. The lowest BCUT2D eigenvalue weighted by molar-refractivity contribution is 0.220. The largest absolute Gasteiger partial charge is 0.302 e. The molecule has 0 amide bonds. The van der Waals surface area contributed by atoms with E-state index in [1.807, 2.05) is 22.9 Å². The first-order valence-electron chi connectivity index (χ1n) is 11.1. The molecule has 4 aromatic rings. The van der Waals surface area contributed by atoms with E-state index in [9.17, 15) is 4.79 Å². The summed E-state index contributed by atoms with van der Waals surface area (Å²) in [5, 5.41) is 2.04. The standard InChI is InChI=1S/C26H27N3OS/c1-19-18-31-24-23(19)27-25(29(26(24)30)17-16-28-14-6-3-7-15-28)22-12-10-21(11-13-22)20-8-4-2-5-9-20/h2,4-5,8-13,18H,3,6-7,14-17H2,1H3. The molecule has 0 aliphatic carbocycles. The summed E-state index contributed by atoms with van der Waals surface area (Å²) in [5.41, 5.74) is 5.34. The van der Waals surface area contributed by atoms with Crippen molar-refractivity contribution in [3.63, 3.8) is 0 Å². The molecule has 5 heteroatoms. The molecular formula is C26H27N3OS. The fourth-order valence-corrected chi connectivity index (χ4v) is 5.34. The van der Waals surface area contributed by atoms with Gasteiger partial charge >= 0.3 is 0 Å². The van der Waals surface area contributed by atoms with Gasteiger partial charge in [0.25, 0.3) is 5.56 Å². The minimum absolute atomic E-state index is 0.0854. The summed E-state index contributed by atoms with van der Waals surface area (Å²) in [7, 11) is 0. The van der Waals surface area contributed by atoms with Crippen molar-refractivity contribution in [1.82, 2.24) is 14.5 Å². The highest BCUT2D eigenvalue weighted by atomic mass is 32.1. The number of aromatic nitrogens is 2. The molecule has 2 aromatic carbocycles. The average Bonchev–Trinajstić information content (AvgIpc) is 3.20. The van der Waals surface area contributed by atoms with Crippen molar-refractivity contribution in [2.24, 2.45) is 0 Å². The third kappa shape index (κ3) is 4.08. The van der Waals surface area contributed by atoms with Gasteiger partial charge in [0.05, 0.1) is 5.52 Å². The molecule has 0 radical (unpaired) electrons. The van der Waals surface area contributed by atoms with Crippen molar-refractivity contribution in [1.29, 1.82) is 0 Å². The number of likely N-dealkylation sites (tertiary alicyclic amines) is 1. The summed E-state index contributed by atoms with van der Waals surface area (Å²) >= 11 is 1.51. The molecule has 1 aliphatic rings. The van der Waals surface area contributed by atoms with Gasteiger partial charge in [0, 0.05) is 18.7 Å². The Bertz CT molecular complexity index is 1240. The lowest BCUT2D eigenvalue weighted by Crippen LogP contribution is -2.35. The highest BCUT2D eigenvalue weighted by Gasteiger charge is 2.17. The molecule has 0 bridgehead atoms. The maximum atomic E-state index is 13.4. The normalized spacial score (nSPS) is 14.9. The number of hydrogen-bond donors (Lipinski definition) is 0. The Balaban J connectivity index is 1.54. The van der Waals surface area contributed by atoms with Gasteiger partial charge in [-0.3, -0.25) is 9.36 Å². The van der Waals surface area contributed by atoms with Crippen LogP contribution in [0.5, 0.6) is 0 Å². The van der Waals surface area contributed by atoms with E-state index in [0.717, 1.165) is 46.8 Å². The number of hydrogen-bond acceptors (Lipinski definition) is 4. The van der Waals surface area contributed by atoms with Gasteiger partial charge in [-0.2, -0.15) is 0 Å². The third-order valence-electron chi connectivity index (χ3n) is 6.19. The first-order valence-corrected chi connectivity index (χ1v) is 12.0. The van der Waals surface area contributed by atoms with E-state index in [0.29, 0.717) is 6.54 Å². The number of thiophene rings is 1. The molecule has 4 nitrogen and oxygen atoms in total. The quantitative estimate of drug-likeness (QED) is 0.415. The summed E-state index contributed by atoms with van der Waals surface area (Å²) in [6.07, 6.45) is 3.83. The molecule has 0 saturated carbocycles. The van der Waals surface area contributed by atoms with Crippen LogP contribution in [0.3, 0.4) is 0 Å². The third-order valence-corrected chi connectivity index (χ3v) is 7.27. The van der Waals surface area contributed by atoms with Gasteiger partial charge in [-0.05, 0) is 54.9 Å². The Hall–Kier alpha value is -2.76. The number of nitrogens with zero attached hydrogens (tertiary/aromatic N) is 3. The lowest BCUT2D eigenvalue weighted by atomic mass is 10.0. The molecule has 31 heavy (non-hydrogen) atoms. The summed E-state index contributed by atoms with van der Waals surface area (Å²) in [5.74, 6) is 0.774. The van der Waals surface area contributed by atoms with Crippen molar-refractivity contribution in [3.8, 4) is 22.5 Å². The number of benzene rings is 2. The Kier molecular flexibility index (Phi) is 5.70. The summed E-state index contributed by atoms with van der Waals surface area (Å²) in [6.45, 7) is 5.86. The van der Waals surface area contributed by atoms with E-state index in [-0.39, 0.29) is 5.56 Å². The second-order valence-corrected chi connectivity index (χ2v) is 9.21. The van der Waals surface area contributed by atoms with Gasteiger partial charge in [0.15, 0.2) is 0 Å². The second kappa shape index (κ2) is 8.77. The van der Waals surface area contributed by atoms with E-state index in [1.165, 1.54) is 41.7 Å². The molecule has 5 rings (SSSR count). The van der Waals surface area contributed by atoms with E-state index < -0.39 is 0 Å². The van der Waals surface area contributed by atoms with Gasteiger partial charge in [-0.15, -0.1) is 11.3 Å². The fraction of sp³-hybridized carbons (Fsp3) is 0.308. The smallest absolute Gasteiger partial charge is 0.271 e. The minimum atomic E-state index is 0.0854.